The van der Waals surface area contributed by atoms with Gasteiger partial charge in [-0.05, 0) is 74.3 Å². The molecule has 2 fully saturated rings. The lowest BCUT2D eigenvalue weighted by Gasteiger charge is -2.38. The third kappa shape index (κ3) is 8.67. The number of alkyl carbamates (subject to hydrolysis) is 1. The van der Waals surface area contributed by atoms with E-state index in [0.29, 0.717) is 25.1 Å². The largest absolute Gasteiger partial charge is 0.496 e. The molecule has 1 unspecified atom stereocenters. The van der Waals surface area contributed by atoms with Crippen LogP contribution in [0.5, 0.6) is 5.75 Å². The number of fused-ring (bicyclic) bond motifs is 1. The minimum Gasteiger partial charge on any atom is -0.496 e. The first-order chi connectivity index (χ1) is 21.3. The maximum absolute atomic E-state index is 14.1. The van der Waals surface area contributed by atoms with Crippen LogP contribution in [0.2, 0.25) is 0 Å². The summed E-state index contributed by atoms with van der Waals surface area (Å²) in [4.78, 5) is 68.6. The van der Waals surface area contributed by atoms with Gasteiger partial charge in [-0.15, -0.1) is 6.58 Å². The molecule has 1 saturated heterocycles. The van der Waals surface area contributed by atoms with E-state index < -0.39 is 58.7 Å². The summed E-state index contributed by atoms with van der Waals surface area (Å²) in [7, 11) is 1.57. The van der Waals surface area contributed by atoms with Crippen molar-refractivity contribution in [1.82, 2.24) is 20.9 Å². The van der Waals surface area contributed by atoms with Gasteiger partial charge >= 0.3 is 6.09 Å². The van der Waals surface area contributed by atoms with Crippen LogP contribution in [0.1, 0.15) is 73.8 Å². The van der Waals surface area contributed by atoms with Crippen LogP contribution >= 0.6 is 0 Å². The number of para-hydroxylation sites is 1. The highest BCUT2D eigenvalue weighted by molar-refractivity contribution is 6.38. The molecule has 1 aromatic rings. The summed E-state index contributed by atoms with van der Waals surface area (Å²) < 4.78 is 10.8. The van der Waals surface area contributed by atoms with Crippen LogP contribution in [0.25, 0.3) is 0 Å². The molecule has 0 spiro atoms. The Morgan fingerprint density at radius 3 is 2.30 bits per heavy atom. The van der Waals surface area contributed by atoms with Gasteiger partial charge in [0, 0.05) is 13.1 Å². The Hall–Kier alpha value is -3.89. The third-order valence-corrected chi connectivity index (χ3v) is 8.92. The number of amides is 4. The van der Waals surface area contributed by atoms with E-state index in [-0.39, 0.29) is 30.2 Å². The van der Waals surface area contributed by atoms with Crippen molar-refractivity contribution in [3.63, 3.8) is 0 Å². The number of nitrogens with one attached hydrogen (secondary N) is 3. The number of likely N-dealkylation sites (tertiary alicyclic amines) is 1. The molecule has 46 heavy (non-hydrogen) atoms. The van der Waals surface area contributed by atoms with Crippen molar-refractivity contribution in [2.75, 3.05) is 20.2 Å². The monoisotopic (exact) mass is 640 g/mol. The first-order valence-corrected chi connectivity index (χ1v) is 16.0. The van der Waals surface area contributed by atoms with E-state index in [2.05, 4.69) is 36.4 Å². The molecule has 2 aliphatic rings. The van der Waals surface area contributed by atoms with Crippen LogP contribution in [-0.2, 0) is 30.3 Å². The number of carbonyl (C=O) groups is 5. The number of ketones is 1. The van der Waals surface area contributed by atoms with Crippen LogP contribution in [-0.4, -0.2) is 78.4 Å². The molecule has 0 radical (unpaired) electrons. The van der Waals surface area contributed by atoms with E-state index in [1.54, 1.807) is 34.0 Å². The molecule has 1 heterocycles. The van der Waals surface area contributed by atoms with Crippen molar-refractivity contribution in [2.45, 2.75) is 98.4 Å². The van der Waals surface area contributed by atoms with Gasteiger partial charge in [-0.25, -0.2) is 4.79 Å². The van der Waals surface area contributed by atoms with Gasteiger partial charge in [0.2, 0.25) is 17.6 Å². The molecule has 5 atom stereocenters. The number of nitrogens with zero attached hydrogens (tertiary/aromatic N) is 1. The second-order valence-electron chi connectivity index (χ2n) is 14.9. The van der Waals surface area contributed by atoms with Gasteiger partial charge in [0.05, 0.1) is 13.2 Å². The Balaban J connectivity index is 1.77. The number of hydrogen-bond acceptors (Lipinski definition) is 7. The molecule has 1 saturated carbocycles. The summed E-state index contributed by atoms with van der Waals surface area (Å²) in [6.45, 7) is 19.1. The Morgan fingerprint density at radius 2 is 1.72 bits per heavy atom. The van der Waals surface area contributed by atoms with Gasteiger partial charge in [-0.3, -0.25) is 19.2 Å². The van der Waals surface area contributed by atoms with E-state index in [9.17, 15) is 24.0 Å². The van der Waals surface area contributed by atoms with Gasteiger partial charge in [0.25, 0.3) is 5.91 Å². The Bertz CT molecular complexity index is 1330. The van der Waals surface area contributed by atoms with Gasteiger partial charge in [-0.1, -0.05) is 58.9 Å². The predicted octanol–water partition coefficient (Wildman–Crippen LogP) is 3.80. The lowest BCUT2D eigenvalue weighted by Crippen LogP contribution is -2.60. The number of allylic oxidation sites excluding steroid dienone is 1. The van der Waals surface area contributed by atoms with Crippen molar-refractivity contribution < 1.29 is 33.4 Å². The zero-order valence-electron chi connectivity index (χ0n) is 28.8. The zero-order valence-corrected chi connectivity index (χ0v) is 28.8. The van der Waals surface area contributed by atoms with Gasteiger partial charge in [0.1, 0.15) is 23.4 Å². The lowest BCUT2D eigenvalue weighted by atomic mass is 9.85. The molecule has 4 amide bonds. The van der Waals surface area contributed by atoms with E-state index in [1.807, 2.05) is 45.0 Å². The SMILES string of the molecule is C=CCCC(NC(=O)[C@@H]1[C@@H]2[C@H](CN1C(=O)[C@@H](NC(=O)OC(C)(C)C)C(C)(C)C)C2(C)C)C(=O)C(=O)NCCc1ccccc1OC. The summed E-state index contributed by atoms with van der Waals surface area (Å²) in [6.07, 6.45) is 1.92. The zero-order chi connectivity index (χ0) is 34.6. The fourth-order valence-electron chi connectivity index (χ4n) is 6.33. The lowest BCUT2D eigenvalue weighted by molar-refractivity contribution is -0.145. The van der Waals surface area contributed by atoms with Gasteiger partial charge in [-0.2, -0.15) is 0 Å². The first-order valence-electron chi connectivity index (χ1n) is 16.0. The molecule has 0 aromatic heterocycles. The van der Waals surface area contributed by atoms with Crippen LogP contribution < -0.4 is 20.7 Å². The van der Waals surface area contributed by atoms with E-state index >= 15 is 0 Å². The second-order valence-corrected chi connectivity index (χ2v) is 14.9. The van der Waals surface area contributed by atoms with Crippen LogP contribution in [0.3, 0.4) is 0 Å². The smallest absolute Gasteiger partial charge is 0.408 e. The summed E-state index contributed by atoms with van der Waals surface area (Å²) >= 11 is 0. The molecule has 254 valence electrons. The first kappa shape index (κ1) is 36.6. The Labute approximate surface area is 273 Å². The van der Waals surface area contributed by atoms with Crippen molar-refractivity contribution in [2.24, 2.45) is 22.7 Å². The number of piperidine rings is 1. The third-order valence-electron chi connectivity index (χ3n) is 8.92. The number of Topliss-reactive ketones (excluding diaryl/α,β-unsaturated/α-hetero) is 1. The molecule has 3 N–H and O–H groups in total. The maximum atomic E-state index is 14.1. The minimum atomic E-state index is -1.10. The summed E-state index contributed by atoms with van der Waals surface area (Å²) in [6, 6.07) is 4.48. The molecule has 3 rings (SSSR count). The highest BCUT2D eigenvalue weighted by Gasteiger charge is 2.70. The van der Waals surface area contributed by atoms with Crippen molar-refractivity contribution in [3.8, 4) is 5.75 Å². The topological polar surface area (TPSA) is 143 Å². The van der Waals surface area contributed by atoms with E-state index in [4.69, 9.17) is 9.47 Å². The van der Waals surface area contributed by atoms with E-state index in [0.717, 1.165) is 5.56 Å². The highest BCUT2D eigenvalue weighted by atomic mass is 16.6. The summed E-state index contributed by atoms with van der Waals surface area (Å²) in [5.41, 5.74) is -0.755. The average Bonchev–Trinajstić information content (AvgIpc) is 3.27. The molecule has 1 aliphatic carbocycles. The molecular formula is C35H52N4O7. The molecule has 1 aromatic carbocycles. The fraction of sp³-hybridized carbons (Fsp3) is 0.629. The molecule has 0 bridgehead atoms. The summed E-state index contributed by atoms with van der Waals surface area (Å²) in [5, 5.41) is 8.20. The minimum absolute atomic E-state index is 0.0787. The second kappa shape index (κ2) is 14.3. The number of benzene rings is 1. The predicted molar refractivity (Wildman–Crippen MR) is 175 cm³/mol. The Morgan fingerprint density at radius 1 is 1.07 bits per heavy atom. The van der Waals surface area contributed by atoms with Crippen molar-refractivity contribution in [1.29, 1.82) is 0 Å². The number of rotatable bonds is 13. The van der Waals surface area contributed by atoms with Crippen LogP contribution in [0.15, 0.2) is 36.9 Å². The quantitative estimate of drug-likeness (QED) is 0.220. The van der Waals surface area contributed by atoms with Crippen molar-refractivity contribution >= 4 is 29.6 Å². The van der Waals surface area contributed by atoms with Crippen molar-refractivity contribution in [3.05, 3.63) is 42.5 Å². The average molecular weight is 641 g/mol. The molecule has 1 aliphatic heterocycles. The highest BCUT2D eigenvalue weighted by Crippen LogP contribution is 2.65. The number of carbonyl (C=O) groups excluding carboxylic acids is 5. The standard InChI is InChI=1S/C35H52N4O7/c1-11-12-16-23(27(40)30(42)36-19-18-21-15-13-14-17-24(21)45-10)37-29(41)26-25-22(35(25,8)9)20-39(26)31(43)28(33(2,3)4)38-32(44)46-34(5,6)7/h11,13-15,17,22-23,25-26,28H,1,12,16,18-20H2,2-10H3,(H,36,42)(H,37,41)(H,38,44)/t22-,23?,25-,26-,28+/m0/s1. The molecular weight excluding hydrogens is 588 g/mol. The molecule has 11 heteroatoms. The van der Waals surface area contributed by atoms with Gasteiger partial charge < -0.3 is 30.3 Å². The van der Waals surface area contributed by atoms with Crippen LogP contribution in [0.4, 0.5) is 4.79 Å². The Kier molecular flexibility index (Phi) is 11.3. The fourth-order valence-corrected chi connectivity index (χ4v) is 6.33. The van der Waals surface area contributed by atoms with Gasteiger partial charge in [0.15, 0.2) is 0 Å². The maximum Gasteiger partial charge on any atom is 0.408 e. The normalized spacial score (nSPS) is 21.2. The van der Waals surface area contributed by atoms with Crippen LogP contribution in [0, 0.1) is 22.7 Å². The number of hydrogen-bond donors (Lipinski definition) is 3. The number of ether oxygens (including phenoxy) is 2. The van der Waals surface area contributed by atoms with E-state index in [1.165, 1.54) is 4.90 Å². The summed E-state index contributed by atoms with van der Waals surface area (Å²) in [5.74, 6) is -1.84. The molecule has 11 nitrogen and oxygen atoms in total. The number of methoxy groups -OCH3 is 1.